The molecule has 0 saturated carbocycles. The van der Waals surface area contributed by atoms with Crippen molar-refractivity contribution >= 4 is 29.1 Å². The van der Waals surface area contributed by atoms with E-state index in [4.69, 9.17) is 4.74 Å². The number of fused-ring (bicyclic) bond motifs is 1. The third-order valence-corrected chi connectivity index (χ3v) is 5.27. The molecule has 0 bridgehead atoms. The van der Waals surface area contributed by atoms with Crippen LogP contribution in [0.15, 0.2) is 53.9 Å². The highest BCUT2D eigenvalue weighted by atomic mass is 32.1. The normalized spacial score (nSPS) is 13.0. The smallest absolute Gasteiger partial charge is 0.357 e. The number of hydrogen-bond donors (Lipinski definition) is 0. The predicted molar refractivity (Wildman–Crippen MR) is 104 cm³/mol. The first-order chi connectivity index (χ1) is 13.6. The Labute approximate surface area is 165 Å². The average molecular weight is 392 g/mol. The second-order valence-electron chi connectivity index (χ2n) is 6.20. The zero-order valence-electron chi connectivity index (χ0n) is 15.0. The molecule has 0 radical (unpaired) electrons. The monoisotopic (exact) mass is 392 g/mol. The van der Waals surface area contributed by atoms with E-state index < -0.39 is 5.97 Å². The van der Waals surface area contributed by atoms with E-state index in [-0.39, 0.29) is 24.1 Å². The molecule has 1 aliphatic heterocycles. The van der Waals surface area contributed by atoms with Crippen LogP contribution >= 0.6 is 11.3 Å². The molecule has 0 atom stereocenters. The SMILES string of the molecule is CCOC(=O)c1csc(-c2cccc(CN3C(=O)c4ccccc4C3=O)c2)n1. The molecule has 6 nitrogen and oxygen atoms in total. The second-order valence-corrected chi connectivity index (χ2v) is 7.06. The summed E-state index contributed by atoms with van der Waals surface area (Å²) in [7, 11) is 0. The van der Waals surface area contributed by atoms with Crippen molar-refractivity contribution in [3.8, 4) is 10.6 Å². The van der Waals surface area contributed by atoms with Crippen molar-refractivity contribution in [3.05, 3.63) is 76.3 Å². The van der Waals surface area contributed by atoms with Crippen LogP contribution in [0.2, 0.25) is 0 Å². The summed E-state index contributed by atoms with van der Waals surface area (Å²) in [4.78, 5) is 42.5. The number of esters is 1. The largest absolute Gasteiger partial charge is 0.461 e. The summed E-state index contributed by atoms with van der Waals surface area (Å²) in [6.45, 7) is 2.21. The molecule has 0 saturated heterocycles. The zero-order valence-corrected chi connectivity index (χ0v) is 15.9. The van der Waals surface area contributed by atoms with Gasteiger partial charge in [-0.15, -0.1) is 11.3 Å². The minimum absolute atomic E-state index is 0.177. The Bertz CT molecular complexity index is 1050. The van der Waals surface area contributed by atoms with Gasteiger partial charge >= 0.3 is 5.97 Å². The van der Waals surface area contributed by atoms with Crippen LogP contribution in [0.1, 0.15) is 43.7 Å². The first kappa shape index (κ1) is 18.1. The summed E-state index contributed by atoms with van der Waals surface area (Å²) in [5, 5.41) is 2.33. The summed E-state index contributed by atoms with van der Waals surface area (Å²) in [5.74, 6) is -1.03. The number of nitrogens with zero attached hydrogens (tertiary/aromatic N) is 2. The maximum absolute atomic E-state index is 12.5. The van der Waals surface area contributed by atoms with Crippen LogP contribution in [0.4, 0.5) is 0 Å². The number of thiazole rings is 1. The van der Waals surface area contributed by atoms with E-state index in [2.05, 4.69) is 4.98 Å². The predicted octanol–water partition coefficient (Wildman–Crippen LogP) is 3.78. The van der Waals surface area contributed by atoms with Crippen LogP contribution in [0, 0.1) is 0 Å². The lowest BCUT2D eigenvalue weighted by molar-refractivity contribution is 0.0519. The van der Waals surface area contributed by atoms with Crippen molar-refractivity contribution < 1.29 is 19.1 Å². The van der Waals surface area contributed by atoms with Crippen molar-refractivity contribution in [3.63, 3.8) is 0 Å². The number of ether oxygens (including phenoxy) is 1. The lowest BCUT2D eigenvalue weighted by Crippen LogP contribution is -2.29. The summed E-state index contributed by atoms with van der Waals surface area (Å²) in [6, 6.07) is 14.3. The number of benzene rings is 2. The Kier molecular flexibility index (Phi) is 4.75. The minimum Gasteiger partial charge on any atom is -0.461 e. The number of rotatable bonds is 5. The van der Waals surface area contributed by atoms with Gasteiger partial charge in [-0.2, -0.15) is 0 Å². The highest BCUT2D eigenvalue weighted by Crippen LogP contribution is 2.28. The van der Waals surface area contributed by atoms with Crippen LogP contribution < -0.4 is 0 Å². The van der Waals surface area contributed by atoms with E-state index in [0.29, 0.717) is 22.7 Å². The van der Waals surface area contributed by atoms with Gasteiger partial charge in [-0.25, -0.2) is 9.78 Å². The Hall–Kier alpha value is -3.32. The molecule has 2 heterocycles. The number of imide groups is 1. The maximum Gasteiger partial charge on any atom is 0.357 e. The Balaban J connectivity index is 1.56. The van der Waals surface area contributed by atoms with Crippen molar-refractivity contribution in [1.29, 1.82) is 0 Å². The van der Waals surface area contributed by atoms with Gasteiger partial charge in [-0.3, -0.25) is 14.5 Å². The summed E-state index contributed by atoms with van der Waals surface area (Å²) in [5.41, 5.74) is 2.76. The lowest BCUT2D eigenvalue weighted by atomic mass is 10.1. The van der Waals surface area contributed by atoms with Gasteiger partial charge in [0.25, 0.3) is 11.8 Å². The van der Waals surface area contributed by atoms with Crippen molar-refractivity contribution in [2.45, 2.75) is 13.5 Å². The molecule has 2 amide bonds. The quantitative estimate of drug-likeness (QED) is 0.488. The van der Waals surface area contributed by atoms with Crippen LogP contribution in [0.3, 0.4) is 0 Å². The third kappa shape index (κ3) is 3.20. The van der Waals surface area contributed by atoms with Gasteiger partial charge in [0, 0.05) is 10.9 Å². The van der Waals surface area contributed by atoms with E-state index in [9.17, 15) is 14.4 Å². The molecular weight excluding hydrogens is 376 g/mol. The standard InChI is InChI=1S/C21H16N2O4S/c1-2-27-21(26)17-12-28-18(22-17)14-7-5-6-13(10-14)11-23-19(24)15-8-3-4-9-16(15)20(23)25/h3-10,12H,2,11H2,1H3. The molecule has 140 valence electrons. The highest BCUT2D eigenvalue weighted by Gasteiger charge is 2.34. The minimum atomic E-state index is -0.452. The molecule has 0 N–H and O–H groups in total. The van der Waals surface area contributed by atoms with Gasteiger partial charge in [0.2, 0.25) is 0 Å². The van der Waals surface area contributed by atoms with Gasteiger partial charge in [0.1, 0.15) is 5.01 Å². The fourth-order valence-electron chi connectivity index (χ4n) is 3.07. The molecule has 7 heteroatoms. The molecule has 2 aromatic carbocycles. The lowest BCUT2D eigenvalue weighted by Gasteiger charge is -2.14. The molecule has 1 aromatic heterocycles. The summed E-state index contributed by atoms with van der Waals surface area (Å²) < 4.78 is 4.97. The number of aromatic nitrogens is 1. The van der Waals surface area contributed by atoms with Crippen LogP contribution in [-0.4, -0.2) is 34.3 Å². The van der Waals surface area contributed by atoms with E-state index in [0.717, 1.165) is 11.1 Å². The molecule has 1 aliphatic rings. The molecule has 0 unspecified atom stereocenters. The molecule has 3 aromatic rings. The zero-order chi connectivity index (χ0) is 19.7. The van der Waals surface area contributed by atoms with Gasteiger partial charge in [0.05, 0.1) is 24.3 Å². The number of hydrogen-bond acceptors (Lipinski definition) is 6. The average Bonchev–Trinajstić information content (AvgIpc) is 3.29. The fraction of sp³-hybridized carbons (Fsp3) is 0.143. The van der Waals surface area contributed by atoms with Crippen LogP contribution in [0.25, 0.3) is 10.6 Å². The molecule has 28 heavy (non-hydrogen) atoms. The number of amides is 2. The summed E-state index contributed by atoms with van der Waals surface area (Å²) in [6.07, 6.45) is 0. The van der Waals surface area contributed by atoms with Gasteiger partial charge in [-0.05, 0) is 30.7 Å². The first-order valence-electron chi connectivity index (χ1n) is 8.75. The third-order valence-electron chi connectivity index (χ3n) is 4.38. The molecular formula is C21H16N2O4S. The van der Waals surface area contributed by atoms with E-state index in [1.165, 1.54) is 16.2 Å². The van der Waals surface area contributed by atoms with E-state index in [1.54, 1.807) is 36.6 Å². The van der Waals surface area contributed by atoms with E-state index >= 15 is 0 Å². The Morgan fingerprint density at radius 1 is 1.07 bits per heavy atom. The number of carbonyl (C=O) groups is 3. The topological polar surface area (TPSA) is 76.6 Å². The first-order valence-corrected chi connectivity index (χ1v) is 9.63. The van der Waals surface area contributed by atoms with Gasteiger partial charge in [0.15, 0.2) is 5.69 Å². The van der Waals surface area contributed by atoms with Gasteiger partial charge in [-0.1, -0.05) is 30.3 Å². The molecule has 0 fully saturated rings. The Morgan fingerprint density at radius 2 is 1.79 bits per heavy atom. The molecule has 0 spiro atoms. The van der Waals surface area contributed by atoms with Crippen LogP contribution in [-0.2, 0) is 11.3 Å². The number of carbonyl (C=O) groups excluding carboxylic acids is 3. The van der Waals surface area contributed by atoms with Gasteiger partial charge < -0.3 is 4.74 Å². The second kappa shape index (κ2) is 7.36. The molecule has 4 rings (SSSR count). The fourth-order valence-corrected chi connectivity index (χ4v) is 3.86. The maximum atomic E-state index is 12.5. The summed E-state index contributed by atoms with van der Waals surface area (Å²) >= 11 is 1.34. The van der Waals surface area contributed by atoms with Crippen molar-refractivity contribution in [2.75, 3.05) is 6.61 Å². The molecule has 0 aliphatic carbocycles. The van der Waals surface area contributed by atoms with Crippen molar-refractivity contribution in [1.82, 2.24) is 9.88 Å². The Morgan fingerprint density at radius 3 is 2.46 bits per heavy atom. The van der Waals surface area contributed by atoms with Crippen LogP contribution in [0.5, 0.6) is 0 Å². The highest BCUT2D eigenvalue weighted by molar-refractivity contribution is 7.13. The van der Waals surface area contributed by atoms with Crippen molar-refractivity contribution in [2.24, 2.45) is 0 Å². The van der Waals surface area contributed by atoms with E-state index in [1.807, 2.05) is 24.3 Å².